The van der Waals surface area contributed by atoms with Crippen molar-refractivity contribution in [1.29, 1.82) is 0 Å². The van der Waals surface area contributed by atoms with Gasteiger partial charge in [-0.05, 0) is 122 Å². The number of β-amino-alcohol motifs (C(OH)–C–C–N with tert-alkyl or cyclic N) is 1. The lowest BCUT2D eigenvalue weighted by atomic mass is 9.33. The monoisotopic (exact) mass is 729 g/mol. The van der Waals surface area contributed by atoms with E-state index in [-0.39, 0.29) is 64.3 Å². The molecule has 1 aromatic carbocycles. The summed E-state index contributed by atoms with van der Waals surface area (Å²) in [6, 6.07) is 7.70. The Kier molecular flexibility index (Phi) is 9.04. The third kappa shape index (κ3) is 5.44. The van der Waals surface area contributed by atoms with Gasteiger partial charge in [0.05, 0.1) is 17.9 Å². The number of carboxylic acid groups (broad SMARTS) is 1. The Hall–Kier alpha value is -3.00. The lowest BCUT2D eigenvalue weighted by Crippen LogP contribution is -2.66. The minimum Gasteiger partial charge on any atom is -0.481 e. The Labute approximate surface area is 316 Å². The van der Waals surface area contributed by atoms with E-state index in [4.69, 9.17) is 4.74 Å². The van der Waals surface area contributed by atoms with Gasteiger partial charge in [-0.2, -0.15) is 0 Å². The van der Waals surface area contributed by atoms with Gasteiger partial charge in [0, 0.05) is 35.9 Å². The van der Waals surface area contributed by atoms with Crippen molar-refractivity contribution in [3.63, 3.8) is 0 Å². The molecule has 6 aliphatic rings. The van der Waals surface area contributed by atoms with Crippen LogP contribution >= 0.6 is 0 Å². The number of ether oxygens (including phenoxy) is 1. The number of aliphatic hydroxyl groups is 1. The number of rotatable bonds is 8. The van der Waals surface area contributed by atoms with Gasteiger partial charge in [-0.1, -0.05) is 72.2 Å². The highest BCUT2D eigenvalue weighted by molar-refractivity contribution is 6.01. The van der Waals surface area contributed by atoms with Crippen molar-refractivity contribution in [1.82, 2.24) is 4.90 Å². The van der Waals surface area contributed by atoms with Crippen LogP contribution in [0.4, 0.5) is 0 Å². The first-order valence-corrected chi connectivity index (χ1v) is 20.4. The summed E-state index contributed by atoms with van der Waals surface area (Å²) in [5.41, 5.74) is 1.74. The van der Waals surface area contributed by atoms with E-state index in [1.54, 1.807) is 18.7 Å². The number of fused-ring (bicyclic) bond motifs is 8. The standard InChI is InChI=1S/C45H63NO7/c1-26(2)36-30(47)22-45(33(48)25-46-24-27-12-10-11-13-28(27)38(46)50)21-20-43(8)29(37(36)45)14-15-32-42(7)18-17-34(53-35(49)23-40(3,4)39(51)52)41(5,6)31(42)16-19-44(32,43)9/h10-13,26,29,31-34,48H,14-25H2,1-9H3,(H,51,52)/t29-,31-,32-,33?,34+,42+,43-,44-,45?/m1/s1. The Bertz CT molecular complexity index is 1760. The molecule has 0 radical (unpaired) electrons. The molecule has 8 nitrogen and oxygen atoms in total. The number of allylic oxidation sites excluding steroid dienone is 1. The number of hydrogen-bond acceptors (Lipinski definition) is 6. The molecule has 1 heterocycles. The predicted molar refractivity (Wildman–Crippen MR) is 203 cm³/mol. The maximum Gasteiger partial charge on any atom is 0.309 e. The average molecular weight is 730 g/mol. The summed E-state index contributed by atoms with van der Waals surface area (Å²) < 4.78 is 6.16. The van der Waals surface area contributed by atoms with Crippen LogP contribution in [-0.2, 0) is 25.7 Å². The van der Waals surface area contributed by atoms with Gasteiger partial charge in [0.15, 0.2) is 5.78 Å². The molecule has 290 valence electrons. The molecular weight excluding hydrogens is 666 g/mol. The third-order valence-corrected chi connectivity index (χ3v) is 16.8. The van der Waals surface area contributed by atoms with Crippen molar-refractivity contribution in [2.24, 2.45) is 56.2 Å². The number of carbonyl (C=O) groups excluding carboxylic acids is 3. The molecular formula is C45H63NO7. The van der Waals surface area contributed by atoms with E-state index in [1.807, 2.05) is 24.3 Å². The van der Waals surface area contributed by atoms with Crippen LogP contribution in [0.1, 0.15) is 142 Å². The largest absolute Gasteiger partial charge is 0.481 e. The summed E-state index contributed by atoms with van der Waals surface area (Å²) in [4.78, 5) is 54.2. The zero-order valence-electron chi connectivity index (χ0n) is 33.6. The molecule has 2 N–H and O–H groups in total. The summed E-state index contributed by atoms with van der Waals surface area (Å²) in [5.74, 6) is -0.243. The lowest BCUT2D eigenvalue weighted by molar-refractivity contribution is -0.235. The second kappa shape index (κ2) is 12.5. The topological polar surface area (TPSA) is 121 Å². The number of aliphatic hydroxyl groups excluding tert-OH is 1. The molecule has 1 aliphatic heterocycles. The number of esters is 1. The first-order chi connectivity index (χ1) is 24.6. The molecule has 53 heavy (non-hydrogen) atoms. The maximum absolute atomic E-state index is 14.1. The van der Waals surface area contributed by atoms with E-state index in [0.717, 1.165) is 62.5 Å². The van der Waals surface area contributed by atoms with Crippen LogP contribution in [-0.4, -0.2) is 57.5 Å². The zero-order chi connectivity index (χ0) is 38.7. The summed E-state index contributed by atoms with van der Waals surface area (Å²) in [6.45, 7) is 20.2. The molecule has 7 rings (SSSR count). The molecule has 9 atom stereocenters. The molecule has 0 aromatic heterocycles. The maximum atomic E-state index is 14.1. The van der Waals surface area contributed by atoms with Crippen molar-refractivity contribution in [2.45, 2.75) is 145 Å². The first kappa shape index (κ1) is 38.3. The van der Waals surface area contributed by atoms with Crippen molar-refractivity contribution < 1.29 is 34.1 Å². The van der Waals surface area contributed by atoms with Gasteiger partial charge in [-0.25, -0.2) is 0 Å². The van der Waals surface area contributed by atoms with Gasteiger partial charge in [0.1, 0.15) is 6.10 Å². The van der Waals surface area contributed by atoms with E-state index in [1.165, 1.54) is 5.57 Å². The number of amides is 1. The molecule has 5 aliphatic carbocycles. The molecule has 1 amide bonds. The summed E-state index contributed by atoms with van der Waals surface area (Å²) >= 11 is 0. The highest BCUT2D eigenvalue weighted by atomic mass is 16.5. The van der Waals surface area contributed by atoms with Crippen LogP contribution in [0.25, 0.3) is 0 Å². The zero-order valence-corrected chi connectivity index (χ0v) is 33.6. The molecule has 0 spiro atoms. The van der Waals surface area contributed by atoms with Gasteiger partial charge in [-0.3, -0.25) is 19.2 Å². The fourth-order valence-corrected chi connectivity index (χ4v) is 13.8. The Morgan fingerprint density at radius 2 is 1.62 bits per heavy atom. The summed E-state index contributed by atoms with van der Waals surface area (Å²) in [6.07, 6.45) is 6.59. The van der Waals surface area contributed by atoms with Crippen molar-refractivity contribution in [3.8, 4) is 0 Å². The van der Waals surface area contributed by atoms with Crippen LogP contribution in [0, 0.1) is 56.2 Å². The summed E-state index contributed by atoms with van der Waals surface area (Å²) in [5, 5.41) is 22.0. The van der Waals surface area contributed by atoms with E-state index in [9.17, 15) is 29.4 Å². The number of aliphatic carboxylic acids is 1. The van der Waals surface area contributed by atoms with E-state index in [2.05, 4.69) is 48.5 Å². The van der Waals surface area contributed by atoms with E-state index in [0.29, 0.717) is 30.4 Å². The fourth-order valence-electron chi connectivity index (χ4n) is 13.8. The molecule has 0 saturated heterocycles. The van der Waals surface area contributed by atoms with Crippen molar-refractivity contribution in [3.05, 3.63) is 46.5 Å². The quantitative estimate of drug-likeness (QED) is 0.258. The molecule has 4 fully saturated rings. The van der Waals surface area contributed by atoms with E-state index < -0.39 is 28.9 Å². The minimum absolute atomic E-state index is 0.0106. The fraction of sp³-hybridized carbons (Fsp3) is 0.733. The van der Waals surface area contributed by atoms with Crippen molar-refractivity contribution in [2.75, 3.05) is 6.54 Å². The highest BCUT2D eigenvalue weighted by Crippen LogP contribution is 2.77. The SMILES string of the molecule is CC(C)C1=C2[C@H]3CC[C@@H]4[C@@]5(C)CC[C@H](OC(=O)CC(C)(C)C(=O)O)C(C)(C)[C@H]5CC[C@@]4(C)[C@]3(C)CCC2(C(O)CN2Cc3ccccc3C2=O)CC1=O. The molecule has 1 aromatic rings. The number of nitrogens with zero attached hydrogens (tertiary/aromatic N) is 1. The second-order valence-corrected chi connectivity index (χ2v) is 20.4. The molecule has 2 unspecified atom stereocenters. The Morgan fingerprint density at radius 1 is 0.925 bits per heavy atom. The smallest absolute Gasteiger partial charge is 0.309 e. The predicted octanol–water partition coefficient (Wildman–Crippen LogP) is 8.40. The van der Waals surface area contributed by atoms with Gasteiger partial charge in [-0.15, -0.1) is 0 Å². The third-order valence-electron chi connectivity index (χ3n) is 16.8. The lowest BCUT2D eigenvalue weighted by Gasteiger charge is -2.72. The van der Waals surface area contributed by atoms with Crippen LogP contribution in [0.15, 0.2) is 35.4 Å². The van der Waals surface area contributed by atoms with Crippen molar-refractivity contribution >= 4 is 23.6 Å². The molecule has 8 heteroatoms. The number of carbonyl (C=O) groups is 4. The normalized spacial score (nSPS) is 38.1. The van der Waals surface area contributed by atoms with Crippen LogP contribution < -0.4 is 0 Å². The van der Waals surface area contributed by atoms with Gasteiger partial charge < -0.3 is 19.8 Å². The molecule has 4 saturated carbocycles. The first-order valence-electron chi connectivity index (χ1n) is 20.4. The van der Waals surface area contributed by atoms with Gasteiger partial charge in [0.2, 0.25) is 0 Å². The Morgan fingerprint density at radius 3 is 2.28 bits per heavy atom. The van der Waals surface area contributed by atoms with Crippen LogP contribution in [0.3, 0.4) is 0 Å². The number of carboxylic acids is 1. The van der Waals surface area contributed by atoms with Crippen LogP contribution in [0.2, 0.25) is 0 Å². The number of benzene rings is 1. The van der Waals surface area contributed by atoms with Gasteiger partial charge in [0.25, 0.3) is 5.91 Å². The second-order valence-electron chi connectivity index (χ2n) is 20.4. The minimum atomic E-state index is -1.18. The van der Waals surface area contributed by atoms with Gasteiger partial charge >= 0.3 is 11.9 Å². The molecule has 0 bridgehead atoms. The summed E-state index contributed by atoms with van der Waals surface area (Å²) in [7, 11) is 0. The Balaban J connectivity index is 1.17. The highest BCUT2D eigenvalue weighted by Gasteiger charge is 2.71. The number of Topliss-reactive ketones (excluding diaryl/α,β-unsaturated/α-hetero) is 1. The average Bonchev–Trinajstić information content (AvgIpc) is 3.56. The number of ketones is 1. The van der Waals surface area contributed by atoms with E-state index >= 15 is 0 Å². The van der Waals surface area contributed by atoms with Crippen LogP contribution in [0.5, 0.6) is 0 Å². The number of hydrogen-bond donors (Lipinski definition) is 2.